The summed E-state index contributed by atoms with van der Waals surface area (Å²) in [6.07, 6.45) is 0. The maximum atomic E-state index is 12.8. The molecule has 2 aromatic heterocycles. The number of methoxy groups -OCH3 is 1. The van der Waals surface area contributed by atoms with Crippen LogP contribution in [-0.4, -0.2) is 41.2 Å². The molecule has 0 fully saturated rings. The van der Waals surface area contributed by atoms with Crippen molar-refractivity contribution in [2.75, 3.05) is 20.3 Å². The Hall–Kier alpha value is -3.71. The molecule has 0 radical (unpaired) electrons. The van der Waals surface area contributed by atoms with Crippen molar-refractivity contribution < 1.29 is 19.1 Å². The van der Waals surface area contributed by atoms with Gasteiger partial charge in [0, 0.05) is 41.4 Å². The molecule has 33 heavy (non-hydrogen) atoms. The van der Waals surface area contributed by atoms with Crippen molar-refractivity contribution in [3.63, 3.8) is 0 Å². The Balaban J connectivity index is 1.55. The van der Waals surface area contributed by atoms with Gasteiger partial charge in [0.25, 0.3) is 0 Å². The normalized spacial score (nSPS) is 11.2. The Bertz CT molecular complexity index is 1350. The van der Waals surface area contributed by atoms with Crippen molar-refractivity contribution in [3.8, 4) is 0 Å². The first-order chi connectivity index (χ1) is 15.9. The molecule has 0 saturated carbocycles. The number of rotatable bonds is 8. The summed E-state index contributed by atoms with van der Waals surface area (Å²) >= 11 is 0. The highest BCUT2D eigenvalue weighted by molar-refractivity contribution is 5.99. The lowest BCUT2D eigenvalue weighted by atomic mass is 10.1. The maximum Gasteiger partial charge on any atom is 0.326 e. The van der Waals surface area contributed by atoms with Gasteiger partial charge in [0.15, 0.2) is 12.0 Å². The number of esters is 1. The summed E-state index contributed by atoms with van der Waals surface area (Å²) < 4.78 is 14.3. The molecule has 0 amide bonds. The van der Waals surface area contributed by atoms with Crippen LogP contribution in [0.5, 0.6) is 0 Å². The number of Topliss-reactive ketones (excluding diaryl/α,β-unsaturated/α-hetero) is 1. The van der Waals surface area contributed by atoms with Crippen molar-refractivity contribution in [1.82, 2.24) is 9.13 Å². The van der Waals surface area contributed by atoms with Gasteiger partial charge in [0.2, 0.25) is 5.78 Å². The summed E-state index contributed by atoms with van der Waals surface area (Å²) in [7, 11) is 1.63. The van der Waals surface area contributed by atoms with Crippen molar-refractivity contribution in [3.05, 3.63) is 81.8 Å². The largest absolute Gasteiger partial charge is 0.456 e. The molecule has 0 spiro atoms. The van der Waals surface area contributed by atoms with E-state index in [1.54, 1.807) is 48.1 Å². The van der Waals surface area contributed by atoms with E-state index in [0.29, 0.717) is 40.5 Å². The van der Waals surface area contributed by atoms with Gasteiger partial charge >= 0.3 is 5.97 Å². The van der Waals surface area contributed by atoms with Crippen LogP contribution in [0.2, 0.25) is 0 Å². The third-order valence-corrected chi connectivity index (χ3v) is 5.92. The van der Waals surface area contributed by atoms with E-state index in [2.05, 4.69) is 0 Å². The Morgan fingerprint density at radius 2 is 1.52 bits per heavy atom. The predicted octanol–water partition coefficient (Wildman–Crippen LogP) is 3.65. The molecule has 0 aliphatic carbocycles. The number of para-hydroxylation sites is 2. The van der Waals surface area contributed by atoms with Crippen molar-refractivity contribution >= 4 is 33.6 Å². The summed E-state index contributed by atoms with van der Waals surface area (Å²) in [5, 5.41) is 1.06. The van der Waals surface area contributed by atoms with E-state index in [4.69, 9.17) is 9.47 Å². The topological polar surface area (TPSA) is 79.5 Å². The Morgan fingerprint density at radius 3 is 2.12 bits per heavy atom. The molecule has 0 unspecified atom stereocenters. The molecular weight excluding hydrogens is 420 g/mol. The molecule has 0 bridgehead atoms. The van der Waals surface area contributed by atoms with E-state index < -0.39 is 5.97 Å². The molecule has 0 saturated heterocycles. The number of fused-ring (bicyclic) bond motifs is 2. The monoisotopic (exact) mass is 446 g/mol. The molecular formula is C26H26N2O5. The van der Waals surface area contributed by atoms with Gasteiger partial charge in [-0.1, -0.05) is 24.3 Å². The number of aryl methyl sites for hydroxylation is 1. The van der Waals surface area contributed by atoms with Gasteiger partial charge in [-0.15, -0.1) is 0 Å². The molecule has 2 heterocycles. The van der Waals surface area contributed by atoms with Crippen molar-refractivity contribution in [2.45, 2.75) is 26.9 Å². The third-order valence-electron chi connectivity index (χ3n) is 5.92. The number of hydrogen-bond acceptors (Lipinski definition) is 5. The smallest absolute Gasteiger partial charge is 0.326 e. The molecule has 2 aromatic carbocycles. The lowest BCUT2D eigenvalue weighted by Gasteiger charge is -2.14. The van der Waals surface area contributed by atoms with Gasteiger partial charge in [-0.3, -0.25) is 14.4 Å². The van der Waals surface area contributed by atoms with Gasteiger partial charge in [-0.05, 0) is 44.2 Å². The second-order valence-electron chi connectivity index (χ2n) is 7.96. The van der Waals surface area contributed by atoms with E-state index in [-0.39, 0.29) is 24.4 Å². The zero-order valence-electron chi connectivity index (χ0n) is 19.0. The fourth-order valence-electron chi connectivity index (χ4n) is 4.26. The fourth-order valence-corrected chi connectivity index (χ4v) is 4.26. The number of aromatic nitrogens is 2. The first-order valence-electron chi connectivity index (χ1n) is 10.8. The number of nitrogens with zero attached hydrogens (tertiary/aromatic N) is 2. The van der Waals surface area contributed by atoms with Crippen LogP contribution in [0.4, 0.5) is 0 Å². The number of pyridine rings is 1. The summed E-state index contributed by atoms with van der Waals surface area (Å²) in [6.45, 7) is 4.53. The van der Waals surface area contributed by atoms with Crippen LogP contribution in [0, 0.1) is 13.8 Å². The average Bonchev–Trinajstić information content (AvgIpc) is 3.12. The van der Waals surface area contributed by atoms with Crippen LogP contribution in [0.3, 0.4) is 0 Å². The van der Waals surface area contributed by atoms with Gasteiger partial charge in [-0.25, -0.2) is 0 Å². The minimum Gasteiger partial charge on any atom is -0.456 e. The molecule has 7 nitrogen and oxygen atoms in total. The molecule has 0 atom stereocenters. The van der Waals surface area contributed by atoms with Gasteiger partial charge < -0.3 is 18.6 Å². The standard InChI is InChI=1S/C26H26N2O5/c1-17-14-21(18(2)27(17)12-13-32-3)24(29)16-33-25(30)15-28-22-10-6-4-8-19(22)26(31)20-9-5-7-11-23(20)28/h4-11,14H,12-13,15-16H2,1-3H3. The summed E-state index contributed by atoms with van der Waals surface area (Å²) in [6, 6.07) is 16.1. The number of ketones is 1. The lowest BCUT2D eigenvalue weighted by molar-refractivity contribution is -0.143. The highest BCUT2D eigenvalue weighted by atomic mass is 16.5. The number of carbonyl (C=O) groups excluding carboxylic acids is 2. The first kappa shape index (κ1) is 22.5. The summed E-state index contributed by atoms with van der Waals surface area (Å²) in [5.74, 6) is -0.801. The Kier molecular flexibility index (Phi) is 6.42. The zero-order chi connectivity index (χ0) is 23.5. The van der Waals surface area contributed by atoms with E-state index in [1.807, 2.05) is 36.6 Å². The number of hydrogen-bond donors (Lipinski definition) is 0. The SMILES string of the molecule is COCCn1c(C)cc(C(=O)COC(=O)Cn2c3ccccc3c(=O)c3ccccc32)c1C. The molecule has 0 aliphatic heterocycles. The van der Waals surface area contributed by atoms with Gasteiger partial charge in [-0.2, -0.15) is 0 Å². The molecule has 170 valence electrons. The number of ether oxygens (including phenoxy) is 2. The van der Waals surface area contributed by atoms with E-state index in [0.717, 1.165) is 11.4 Å². The maximum absolute atomic E-state index is 12.8. The van der Waals surface area contributed by atoms with Crippen molar-refractivity contribution in [1.29, 1.82) is 0 Å². The van der Waals surface area contributed by atoms with Gasteiger partial charge in [0.05, 0.1) is 17.6 Å². The second-order valence-corrected chi connectivity index (χ2v) is 7.96. The molecule has 0 aliphatic rings. The van der Waals surface area contributed by atoms with Gasteiger partial charge in [0.1, 0.15) is 6.54 Å². The fraction of sp³-hybridized carbons (Fsp3) is 0.269. The number of benzene rings is 2. The Morgan fingerprint density at radius 1 is 0.909 bits per heavy atom. The second kappa shape index (κ2) is 9.42. The zero-order valence-corrected chi connectivity index (χ0v) is 19.0. The average molecular weight is 447 g/mol. The van der Waals surface area contributed by atoms with E-state index >= 15 is 0 Å². The Labute approximate surface area is 191 Å². The van der Waals surface area contributed by atoms with Crippen LogP contribution in [0.25, 0.3) is 21.8 Å². The van der Waals surface area contributed by atoms with Crippen LogP contribution >= 0.6 is 0 Å². The summed E-state index contributed by atoms with van der Waals surface area (Å²) in [4.78, 5) is 38.3. The predicted molar refractivity (Wildman–Crippen MR) is 127 cm³/mol. The third kappa shape index (κ3) is 4.32. The van der Waals surface area contributed by atoms with E-state index in [1.165, 1.54) is 0 Å². The molecule has 0 N–H and O–H groups in total. The highest BCUT2D eigenvalue weighted by Gasteiger charge is 2.18. The molecule has 4 aromatic rings. The minimum atomic E-state index is -0.546. The first-order valence-corrected chi connectivity index (χ1v) is 10.8. The molecule has 4 rings (SSSR count). The molecule has 7 heteroatoms. The quantitative estimate of drug-likeness (QED) is 0.235. The van der Waals surface area contributed by atoms with Crippen LogP contribution in [0.1, 0.15) is 21.7 Å². The number of carbonyl (C=O) groups is 2. The minimum absolute atomic E-state index is 0.0789. The van der Waals surface area contributed by atoms with Crippen LogP contribution < -0.4 is 5.43 Å². The van der Waals surface area contributed by atoms with E-state index in [9.17, 15) is 14.4 Å². The summed E-state index contributed by atoms with van der Waals surface area (Å²) in [5.41, 5.74) is 3.52. The van der Waals surface area contributed by atoms with Crippen LogP contribution in [-0.2, 0) is 27.4 Å². The van der Waals surface area contributed by atoms with Crippen molar-refractivity contribution in [2.24, 2.45) is 0 Å². The lowest BCUT2D eigenvalue weighted by Crippen LogP contribution is -2.21. The van der Waals surface area contributed by atoms with Crippen LogP contribution in [0.15, 0.2) is 59.4 Å². The highest BCUT2D eigenvalue weighted by Crippen LogP contribution is 2.20.